The fraction of sp³-hybridized carbons (Fsp3) is 0.852. The summed E-state index contributed by atoms with van der Waals surface area (Å²) in [6.45, 7) is 6.64. The van der Waals surface area contributed by atoms with E-state index in [2.05, 4.69) is 57.2 Å². The molecule has 0 saturated heterocycles. The third-order valence-corrected chi connectivity index (χ3v) is 13.1. The second-order valence-electron chi connectivity index (χ2n) is 19.9. The summed E-state index contributed by atoms with van der Waals surface area (Å²) >= 11 is 0. The molecule has 392 valence electrons. The number of unbranched alkanes of at least 4 members (excludes halogenated alkanes) is 37. The highest BCUT2D eigenvalue weighted by molar-refractivity contribution is 5.71. The van der Waals surface area contributed by atoms with E-state index in [1.165, 1.54) is 205 Å². The van der Waals surface area contributed by atoms with Crippen LogP contribution in [0.25, 0.3) is 0 Å². The average Bonchev–Trinajstić information content (AvgIpc) is 3.33. The molecule has 1 atom stereocenters. The minimum absolute atomic E-state index is 0.0735. The summed E-state index contributed by atoms with van der Waals surface area (Å²) in [5.74, 6) is -0.869. The van der Waals surface area contributed by atoms with Crippen molar-refractivity contribution in [2.75, 3.05) is 13.2 Å². The maximum absolute atomic E-state index is 12.8. The van der Waals surface area contributed by atoms with Gasteiger partial charge in [-0.3, -0.25) is 14.4 Å². The van der Waals surface area contributed by atoms with Crippen molar-refractivity contribution in [2.24, 2.45) is 0 Å². The number of carbonyl (C=O) groups excluding carboxylic acids is 3. The van der Waals surface area contributed by atoms with Crippen molar-refractivity contribution in [1.82, 2.24) is 0 Å². The fourth-order valence-electron chi connectivity index (χ4n) is 8.65. The number of rotatable bonds is 54. The van der Waals surface area contributed by atoms with Gasteiger partial charge in [0.05, 0.1) is 0 Å². The maximum Gasteiger partial charge on any atom is 0.306 e. The van der Waals surface area contributed by atoms with E-state index in [9.17, 15) is 14.4 Å². The maximum atomic E-state index is 12.8. The van der Waals surface area contributed by atoms with Crippen molar-refractivity contribution < 1.29 is 28.6 Å². The fourth-order valence-corrected chi connectivity index (χ4v) is 8.65. The van der Waals surface area contributed by atoms with Crippen molar-refractivity contribution in [3.8, 4) is 0 Å². The van der Waals surface area contributed by atoms with E-state index in [0.29, 0.717) is 19.3 Å². The van der Waals surface area contributed by atoms with Crippen molar-refractivity contribution in [2.45, 2.75) is 322 Å². The number of esters is 3. The highest BCUT2D eigenvalue weighted by Crippen LogP contribution is 2.16. The first kappa shape index (κ1) is 64.6. The molecule has 0 aromatic heterocycles. The monoisotopic (exact) mass is 941 g/mol. The number of carbonyl (C=O) groups is 3. The van der Waals surface area contributed by atoms with E-state index in [1.54, 1.807) is 0 Å². The Balaban J connectivity index is 4.30. The minimum atomic E-state index is -0.774. The van der Waals surface area contributed by atoms with Gasteiger partial charge in [-0.1, -0.05) is 256 Å². The van der Waals surface area contributed by atoms with Crippen molar-refractivity contribution in [3.05, 3.63) is 36.5 Å². The molecule has 0 amide bonds. The van der Waals surface area contributed by atoms with Crippen LogP contribution in [0.4, 0.5) is 0 Å². The molecule has 0 saturated carbocycles. The first-order chi connectivity index (χ1) is 33.0. The molecule has 0 heterocycles. The molecule has 0 fully saturated rings. The van der Waals surface area contributed by atoms with Gasteiger partial charge in [-0.2, -0.15) is 0 Å². The van der Waals surface area contributed by atoms with Crippen LogP contribution in [0.5, 0.6) is 0 Å². The standard InChI is InChI=1S/C61H112O6/c1-4-7-10-13-16-19-22-25-27-29-30-31-32-33-35-36-39-42-45-48-51-54-60(63)66-57-58(56-65-59(62)53-50-47-44-41-38-24-21-18-15-12-9-6-3)67-61(64)55-52-49-46-43-40-37-34-28-26-23-20-17-14-11-8-5-2/h18,21-22,25,29-30,58H,4-17,19-20,23-24,26-28,31-57H2,1-3H3/b21-18-,25-22-,30-29-. The third-order valence-electron chi connectivity index (χ3n) is 13.1. The summed E-state index contributed by atoms with van der Waals surface area (Å²) in [6.07, 6.45) is 67.1. The highest BCUT2D eigenvalue weighted by atomic mass is 16.6. The summed E-state index contributed by atoms with van der Waals surface area (Å²) in [5.41, 5.74) is 0. The second kappa shape index (κ2) is 56.2. The van der Waals surface area contributed by atoms with Crippen LogP contribution in [0, 0.1) is 0 Å². The Morgan fingerprint density at radius 2 is 0.537 bits per heavy atom. The average molecular weight is 942 g/mol. The van der Waals surface area contributed by atoms with Crippen LogP contribution < -0.4 is 0 Å². The van der Waals surface area contributed by atoms with Crippen LogP contribution in [0.15, 0.2) is 36.5 Å². The lowest BCUT2D eigenvalue weighted by Crippen LogP contribution is -2.30. The number of hydrogen-bond donors (Lipinski definition) is 0. The van der Waals surface area contributed by atoms with Gasteiger partial charge in [-0.05, 0) is 77.0 Å². The zero-order valence-electron chi connectivity index (χ0n) is 44.9. The van der Waals surface area contributed by atoms with Crippen LogP contribution in [-0.4, -0.2) is 37.2 Å². The Morgan fingerprint density at radius 1 is 0.299 bits per heavy atom. The van der Waals surface area contributed by atoms with Gasteiger partial charge in [-0.15, -0.1) is 0 Å². The predicted octanol–water partition coefficient (Wildman–Crippen LogP) is 19.7. The molecule has 0 rings (SSSR count). The largest absolute Gasteiger partial charge is 0.462 e. The first-order valence-electron chi connectivity index (χ1n) is 29.5. The van der Waals surface area contributed by atoms with Crippen LogP contribution in [0.3, 0.4) is 0 Å². The smallest absolute Gasteiger partial charge is 0.306 e. The molecule has 1 unspecified atom stereocenters. The first-order valence-corrected chi connectivity index (χ1v) is 29.5. The summed E-state index contributed by atoms with van der Waals surface area (Å²) < 4.78 is 16.9. The molecule has 0 aromatic carbocycles. The topological polar surface area (TPSA) is 78.9 Å². The molecular formula is C61H112O6. The van der Waals surface area contributed by atoms with Crippen molar-refractivity contribution >= 4 is 17.9 Å². The lowest BCUT2D eigenvalue weighted by atomic mass is 10.0. The van der Waals surface area contributed by atoms with E-state index >= 15 is 0 Å². The Morgan fingerprint density at radius 3 is 0.866 bits per heavy atom. The Kier molecular flexibility index (Phi) is 54.2. The molecule has 0 bridgehead atoms. The molecule has 6 heteroatoms. The van der Waals surface area contributed by atoms with E-state index < -0.39 is 6.10 Å². The van der Waals surface area contributed by atoms with Crippen molar-refractivity contribution in [1.29, 1.82) is 0 Å². The predicted molar refractivity (Wildman–Crippen MR) is 289 cm³/mol. The lowest BCUT2D eigenvalue weighted by molar-refractivity contribution is -0.167. The molecule has 0 radical (unpaired) electrons. The van der Waals surface area contributed by atoms with E-state index in [0.717, 1.165) is 70.6 Å². The van der Waals surface area contributed by atoms with E-state index in [4.69, 9.17) is 14.2 Å². The number of allylic oxidation sites excluding steroid dienone is 6. The van der Waals surface area contributed by atoms with Crippen LogP contribution in [-0.2, 0) is 28.6 Å². The van der Waals surface area contributed by atoms with Gasteiger partial charge in [0.25, 0.3) is 0 Å². The normalized spacial score (nSPS) is 12.2. The number of ether oxygens (including phenoxy) is 3. The van der Waals surface area contributed by atoms with Crippen LogP contribution >= 0.6 is 0 Å². The van der Waals surface area contributed by atoms with Gasteiger partial charge < -0.3 is 14.2 Å². The van der Waals surface area contributed by atoms with E-state index in [-0.39, 0.29) is 31.1 Å². The molecule has 0 spiro atoms. The third kappa shape index (κ3) is 54.4. The van der Waals surface area contributed by atoms with Gasteiger partial charge in [0.15, 0.2) is 6.10 Å². The number of hydrogen-bond acceptors (Lipinski definition) is 6. The van der Waals surface area contributed by atoms with Gasteiger partial charge >= 0.3 is 17.9 Å². The second-order valence-corrected chi connectivity index (χ2v) is 19.9. The molecule has 0 aromatic rings. The summed E-state index contributed by atoms with van der Waals surface area (Å²) in [4.78, 5) is 38.1. The SMILES string of the molecule is CCCCC/C=C\CCCCCCCC(=O)OCC(COC(=O)CCCCCCCCCCC/C=C\C/C=C\CCCCCCC)OC(=O)CCCCCCCCCCCCCCCCCC. The van der Waals surface area contributed by atoms with Crippen LogP contribution in [0.2, 0.25) is 0 Å². The summed E-state index contributed by atoms with van der Waals surface area (Å²) in [6, 6.07) is 0. The molecule has 67 heavy (non-hydrogen) atoms. The zero-order valence-corrected chi connectivity index (χ0v) is 44.9. The molecule has 6 nitrogen and oxygen atoms in total. The van der Waals surface area contributed by atoms with Gasteiger partial charge in [0.2, 0.25) is 0 Å². The molecular weight excluding hydrogens is 829 g/mol. The Labute approximate surface area is 416 Å². The van der Waals surface area contributed by atoms with Gasteiger partial charge in [0, 0.05) is 19.3 Å². The van der Waals surface area contributed by atoms with Gasteiger partial charge in [0.1, 0.15) is 13.2 Å². The summed E-state index contributed by atoms with van der Waals surface area (Å²) in [5, 5.41) is 0. The van der Waals surface area contributed by atoms with Gasteiger partial charge in [-0.25, -0.2) is 0 Å². The molecule has 0 aliphatic heterocycles. The zero-order chi connectivity index (χ0) is 48.6. The summed E-state index contributed by atoms with van der Waals surface area (Å²) in [7, 11) is 0. The molecule has 0 N–H and O–H groups in total. The Hall–Kier alpha value is -2.37. The lowest BCUT2D eigenvalue weighted by Gasteiger charge is -2.18. The molecule has 0 aliphatic carbocycles. The Bertz CT molecular complexity index is 1130. The minimum Gasteiger partial charge on any atom is -0.462 e. The highest BCUT2D eigenvalue weighted by Gasteiger charge is 2.19. The van der Waals surface area contributed by atoms with Crippen molar-refractivity contribution in [3.63, 3.8) is 0 Å². The quantitative estimate of drug-likeness (QED) is 0.0262. The van der Waals surface area contributed by atoms with E-state index in [1.807, 2.05) is 0 Å². The van der Waals surface area contributed by atoms with Crippen LogP contribution in [0.1, 0.15) is 316 Å². The molecule has 0 aliphatic rings.